The number of ether oxygens (including phenoxy) is 1. The summed E-state index contributed by atoms with van der Waals surface area (Å²) in [6.07, 6.45) is 0. The first kappa shape index (κ1) is 13.8. The number of benzene rings is 2. The van der Waals surface area contributed by atoms with E-state index in [0.29, 0.717) is 0 Å². The summed E-state index contributed by atoms with van der Waals surface area (Å²) in [5, 5.41) is 9.67. The smallest absolute Gasteiger partial charge is 0.338 e. The number of hydrogen-bond donors (Lipinski definition) is 1. The topological polar surface area (TPSA) is 63.6 Å². The largest absolute Gasteiger partial charge is 0.507 e. The van der Waals surface area contributed by atoms with E-state index in [2.05, 4.69) is 0 Å². The molecule has 0 spiro atoms. The molecule has 1 N–H and O–H groups in total. The molecule has 0 unspecified atom stereocenters. The number of aromatic hydroxyl groups is 1. The van der Waals surface area contributed by atoms with Crippen LogP contribution in [0.1, 0.15) is 33.2 Å². The van der Waals surface area contributed by atoms with Crippen LogP contribution in [0.2, 0.25) is 0 Å². The molecular weight excluding hydrogens is 256 g/mol. The van der Waals surface area contributed by atoms with Gasteiger partial charge in [-0.1, -0.05) is 30.3 Å². The average Bonchev–Trinajstić information content (AvgIpc) is 2.45. The van der Waals surface area contributed by atoms with E-state index in [-0.39, 0.29) is 29.3 Å². The predicted molar refractivity (Wildman–Crippen MR) is 73.7 cm³/mol. The molecule has 0 radical (unpaired) electrons. The summed E-state index contributed by atoms with van der Waals surface area (Å²) in [6, 6.07) is 13.4. The zero-order chi connectivity index (χ0) is 14.5. The van der Waals surface area contributed by atoms with E-state index >= 15 is 0 Å². The Labute approximate surface area is 116 Å². The fourth-order valence-corrected chi connectivity index (χ4v) is 1.76. The van der Waals surface area contributed by atoms with E-state index < -0.39 is 5.97 Å². The zero-order valence-corrected chi connectivity index (χ0v) is 11.0. The van der Waals surface area contributed by atoms with Crippen molar-refractivity contribution in [2.24, 2.45) is 0 Å². The standard InChI is InChI=1S/C16H14O4/c1-11(17)14-8-7-13(9-15(14)18)16(19)20-10-12-5-3-2-4-6-12/h2-9,18H,10H2,1H3. The Balaban J connectivity index is 2.06. The lowest BCUT2D eigenvalue weighted by Crippen LogP contribution is -2.06. The first-order chi connectivity index (χ1) is 9.58. The first-order valence-corrected chi connectivity index (χ1v) is 6.13. The van der Waals surface area contributed by atoms with Gasteiger partial charge >= 0.3 is 5.97 Å². The number of hydrogen-bond acceptors (Lipinski definition) is 4. The zero-order valence-electron chi connectivity index (χ0n) is 11.0. The summed E-state index contributed by atoms with van der Waals surface area (Å²) < 4.78 is 5.13. The van der Waals surface area contributed by atoms with Crippen LogP contribution in [-0.2, 0) is 11.3 Å². The van der Waals surface area contributed by atoms with E-state index in [0.717, 1.165) is 5.56 Å². The Hall–Kier alpha value is -2.62. The first-order valence-electron chi connectivity index (χ1n) is 6.13. The molecule has 0 bridgehead atoms. The molecule has 20 heavy (non-hydrogen) atoms. The molecule has 4 nitrogen and oxygen atoms in total. The highest BCUT2D eigenvalue weighted by molar-refractivity contribution is 5.98. The molecule has 0 aromatic heterocycles. The van der Waals surface area contributed by atoms with Crippen molar-refractivity contribution in [3.8, 4) is 5.75 Å². The van der Waals surface area contributed by atoms with Gasteiger partial charge in [-0.05, 0) is 30.7 Å². The Morgan fingerprint density at radius 1 is 1.10 bits per heavy atom. The van der Waals surface area contributed by atoms with E-state index in [4.69, 9.17) is 4.74 Å². The minimum Gasteiger partial charge on any atom is -0.507 e. The van der Waals surface area contributed by atoms with Gasteiger partial charge in [0.2, 0.25) is 0 Å². The Bertz CT molecular complexity index is 632. The quantitative estimate of drug-likeness (QED) is 0.685. The number of carbonyl (C=O) groups excluding carboxylic acids is 2. The second-order valence-corrected chi connectivity index (χ2v) is 4.35. The van der Waals surface area contributed by atoms with Crippen molar-refractivity contribution in [1.82, 2.24) is 0 Å². The molecule has 0 fully saturated rings. The van der Waals surface area contributed by atoms with Crippen LogP contribution < -0.4 is 0 Å². The van der Waals surface area contributed by atoms with Crippen LogP contribution in [0, 0.1) is 0 Å². The lowest BCUT2D eigenvalue weighted by atomic mass is 10.1. The third-order valence-corrected chi connectivity index (χ3v) is 2.83. The molecule has 0 heterocycles. The van der Waals surface area contributed by atoms with Crippen LogP contribution in [0.25, 0.3) is 0 Å². The van der Waals surface area contributed by atoms with Crippen LogP contribution in [0.5, 0.6) is 5.75 Å². The fourth-order valence-electron chi connectivity index (χ4n) is 1.76. The van der Waals surface area contributed by atoms with Gasteiger partial charge in [-0.25, -0.2) is 4.79 Å². The lowest BCUT2D eigenvalue weighted by molar-refractivity contribution is 0.0472. The molecule has 0 aliphatic rings. The van der Waals surface area contributed by atoms with Crippen molar-refractivity contribution in [3.63, 3.8) is 0 Å². The maximum Gasteiger partial charge on any atom is 0.338 e. The Kier molecular flexibility index (Phi) is 4.15. The predicted octanol–water partition coefficient (Wildman–Crippen LogP) is 2.95. The number of phenolic OH excluding ortho intramolecular Hbond substituents is 1. The van der Waals surface area contributed by atoms with E-state index in [1.807, 2.05) is 30.3 Å². The molecule has 0 saturated heterocycles. The van der Waals surface area contributed by atoms with Gasteiger partial charge in [0, 0.05) is 0 Å². The maximum absolute atomic E-state index is 11.8. The summed E-state index contributed by atoms with van der Waals surface area (Å²) in [5.74, 6) is -1.02. The number of phenols is 1. The number of Topliss-reactive ketones (excluding diaryl/α,β-unsaturated/α-hetero) is 1. The molecule has 0 aliphatic heterocycles. The van der Waals surface area contributed by atoms with Crippen LogP contribution in [-0.4, -0.2) is 16.9 Å². The Morgan fingerprint density at radius 2 is 1.80 bits per heavy atom. The molecule has 0 aliphatic carbocycles. The van der Waals surface area contributed by atoms with Crippen molar-refractivity contribution >= 4 is 11.8 Å². The van der Waals surface area contributed by atoms with Crippen LogP contribution in [0.4, 0.5) is 0 Å². The number of esters is 1. The number of rotatable bonds is 4. The fraction of sp³-hybridized carbons (Fsp3) is 0.125. The maximum atomic E-state index is 11.8. The van der Waals surface area contributed by atoms with Crippen molar-refractivity contribution < 1.29 is 19.4 Å². The van der Waals surface area contributed by atoms with Crippen LogP contribution in [0.3, 0.4) is 0 Å². The van der Waals surface area contributed by atoms with Gasteiger partial charge in [0.1, 0.15) is 12.4 Å². The van der Waals surface area contributed by atoms with Crippen molar-refractivity contribution in [2.45, 2.75) is 13.5 Å². The third-order valence-electron chi connectivity index (χ3n) is 2.83. The van der Waals surface area contributed by atoms with Gasteiger partial charge in [0.15, 0.2) is 5.78 Å². The van der Waals surface area contributed by atoms with Crippen LogP contribution >= 0.6 is 0 Å². The van der Waals surface area contributed by atoms with Gasteiger partial charge in [0.25, 0.3) is 0 Å². The minimum atomic E-state index is -0.542. The molecule has 0 amide bonds. The Morgan fingerprint density at radius 3 is 2.40 bits per heavy atom. The van der Waals surface area contributed by atoms with E-state index in [1.165, 1.54) is 25.1 Å². The summed E-state index contributed by atoms with van der Waals surface area (Å²) >= 11 is 0. The van der Waals surface area contributed by atoms with Gasteiger partial charge in [0.05, 0.1) is 11.1 Å². The van der Waals surface area contributed by atoms with E-state index in [9.17, 15) is 14.7 Å². The summed E-state index contributed by atoms with van der Waals surface area (Å²) in [7, 11) is 0. The van der Waals surface area contributed by atoms with Crippen molar-refractivity contribution in [1.29, 1.82) is 0 Å². The molecule has 0 atom stereocenters. The SMILES string of the molecule is CC(=O)c1ccc(C(=O)OCc2ccccc2)cc1O. The average molecular weight is 270 g/mol. The van der Waals surface area contributed by atoms with Gasteiger partial charge in [-0.15, -0.1) is 0 Å². The van der Waals surface area contributed by atoms with Crippen molar-refractivity contribution in [3.05, 3.63) is 65.2 Å². The van der Waals surface area contributed by atoms with Crippen molar-refractivity contribution in [2.75, 3.05) is 0 Å². The summed E-state index contributed by atoms with van der Waals surface area (Å²) in [5.41, 5.74) is 1.28. The third kappa shape index (κ3) is 3.23. The molecular formula is C16H14O4. The van der Waals surface area contributed by atoms with Gasteiger partial charge in [-0.2, -0.15) is 0 Å². The molecule has 2 rings (SSSR count). The second kappa shape index (κ2) is 6.02. The molecule has 2 aromatic carbocycles. The van der Waals surface area contributed by atoms with Gasteiger partial charge in [-0.3, -0.25) is 4.79 Å². The molecule has 102 valence electrons. The highest BCUT2D eigenvalue weighted by Crippen LogP contribution is 2.20. The molecule has 2 aromatic rings. The summed E-state index contributed by atoms with van der Waals surface area (Å²) in [6.45, 7) is 1.51. The lowest BCUT2D eigenvalue weighted by Gasteiger charge is -2.06. The van der Waals surface area contributed by atoms with Crippen LogP contribution in [0.15, 0.2) is 48.5 Å². The molecule has 4 heteroatoms. The van der Waals surface area contributed by atoms with Gasteiger partial charge < -0.3 is 9.84 Å². The van der Waals surface area contributed by atoms with E-state index in [1.54, 1.807) is 0 Å². The number of carbonyl (C=O) groups is 2. The highest BCUT2D eigenvalue weighted by atomic mass is 16.5. The normalized spacial score (nSPS) is 10.1. The second-order valence-electron chi connectivity index (χ2n) is 4.35. The monoisotopic (exact) mass is 270 g/mol. The number of ketones is 1. The highest BCUT2D eigenvalue weighted by Gasteiger charge is 2.12. The minimum absolute atomic E-state index is 0.162. The summed E-state index contributed by atoms with van der Waals surface area (Å²) in [4.78, 5) is 23.0. The molecule has 0 saturated carbocycles.